The van der Waals surface area contributed by atoms with Crippen LogP contribution in [0.1, 0.15) is 62.0 Å². The van der Waals surface area contributed by atoms with Gasteiger partial charge in [0.2, 0.25) is 0 Å². The Hall–Kier alpha value is -3.23. The zero-order valence-electron chi connectivity index (χ0n) is 17.2. The molecule has 0 saturated heterocycles. The summed E-state index contributed by atoms with van der Waals surface area (Å²) in [4.78, 5) is 24.2. The van der Waals surface area contributed by atoms with Gasteiger partial charge in [0.25, 0.3) is 5.91 Å². The fourth-order valence-electron chi connectivity index (χ4n) is 3.26. The quantitative estimate of drug-likeness (QED) is 0.513. The molecule has 0 unspecified atom stereocenters. The van der Waals surface area contributed by atoms with Crippen molar-refractivity contribution in [2.75, 3.05) is 6.54 Å². The summed E-state index contributed by atoms with van der Waals surface area (Å²) in [5.41, 5.74) is 1.29. The Morgan fingerprint density at radius 3 is 2.83 bits per heavy atom. The summed E-state index contributed by atoms with van der Waals surface area (Å²) >= 11 is 0. The summed E-state index contributed by atoms with van der Waals surface area (Å²) < 4.78 is 15.6. The largest absolute Gasteiger partial charge is 0.494 e. The third kappa shape index (κ3) is 3.92. The van der Waals surface area contributed by atoms with E-state index in [9.17, 15) is 14.3 Å². The van der Waals surface area contributed by atoms with Gasteiger partial charge in [0.15, 0.2) is 5.88 Å². The van der Waals surface area contributed by atoms with Crippen molar-refractivity contribution in [3.63, 3.8) is 0 Å². The molecule has 3 heterocycles. The van der Waals surface area contributed by atoms with E-state index in [0.717, 1.165) is 0 Å². The van der Waals surface area contributed by atoms with E-state index in [2.05, 4.69) is 25.4 Å². The summed E-state index contributed by atoms with van der Waals surface area (Å²) in [5.74, 6) is -0.458. The highest BCUT2D eigenvalue weighted by Gasteiger charge is 2.43. The second kappa shape index (κ2) is 7.55. The van der Waals surface area contributed by atoms with Crippen molar-refractivity contribution in [2.24, 2.45) is 4.99 Å². The minimum absolute atomic E-state index is 0.00335. The molecule has 0 radical (unpaired) electrons. The zero-order valence-corrected chi connectivity index (χ0v) is 17.2. The summed E-state index contributed by atoms with van der Waals surface area (Å²) in [6.07, 6.45) is 6.42. The average Bonchev–Trinajstić information content (AvgIpc) is 3.13. The molecule has 0 atom stereocenters. The molecule has 8 nitrogen and oxygen atoms in total. The number of carbonyl (C=O) groups excluding carboxylic acids is 1. The van der Waals surface area contributed by atoms with E-state index >= 15 is 0 Å². The normalized spacial score (nSPS) is 15.7. The van der Waals surface area contributed by atoms with Gasteiger partial charge in [-0.3, -0.25) is 9.48 Å². The number of hydrogen-bond donors (Lipinski definition) is 3. The third-order valence-corrected chi connectivity index (χ3v) is 5.26. The van der Waals surface area contributed by atoms with Gasteiger partial charge in [-0.1, -0.05) is 6.92 Å². The van der Waals surface area contributed by atoms with E-state index in [4.69, 9.17) is 0 Å². The Labute approximate surface area is 173 Å². The molecule has 0 spiro atoms. The van der Waals surface area contributed by atoms with Crippen LogP contribution in [-0.4, -0.2) is 48.7 Å². The first kappa shape index (κ1) is 20.1. The molecule has 1 aliphatic carbocycles. The van der Waals surface area contributed by atoms with Crippen molar-refractivity contribution < 1.29 is 14.3 Å². The molecule has 1 amide bonds. The fraction of sp³-hybridized carbons (Fsp3) is 0.429. The maximum Gasteiger partial charge on any atom is 0.252 e. The lowest BCUT2D eigenvalue weighted by Gasteiger charge is -2.08. The van der Waals surface area contributed by atoms with E-state index in [-0.39, 0.29) is 18.5 Å². The molecule has 3 aromatic rings. The number of fused-ring (bicyclic) bond motifs is 1. The first-order valence-corrected chi connectivity index (χ1v) is 10.1. The molecule has 30 heavy (non-hydrogen) atoms. The van der Waals surface area contributed by atoms with Crippen molar-refractivity contribution >= 4 is 28.3 Å². The van der Waals surface area contributed by atoms with Crippen molar-refractivity contribution in [1.29, 1.82) is 0 Å². The minimum Gasteiger partial charge on any atom is -0.494 e. The SMILES string of the molecule is CCC(=Nc1cnn(C(C)C)c1)c1c(O)[nH]c2ncc(C(=O)NCC3(F)CC3)cc12. The van der Waals surface area contributed by atoms with Crippen molar-refractivity contribution in [3.05, 3.63) is 35.8 Å². The van der Waals surface area contributed by atoms with Gasteiger partial charge in [-0.2, -0.15) is 5.10 Å². The number of amides is 1. The minimum atomic E-state index is -1.27. The summed E-state index contributed by atoms with van der Waals surface area (Å²) in [6, 6.07) is 1.86. The number of aromatic nitrogens is 4. The second-order valence-corrected chi connectivity index (χ2v) is 7.99. The number of carbonyl (C=O) groups is 1. The number of halogens is 1. The van der Waals surface area contributed by atoms with Crippen LogP contribution in [0, 0.1) is 0 Å². The van der Waals surface area contributed by atoms with Crippen LogP contribution in [0.25, 0.3) is 11.0 Å². The van der Waals surface area contributed by atoms with Gasteiger partial charge in [0.1, 0.15) is 17.0 Å². The molecule has 158 valence electrons. The number of H-pyrrole nitrogens is 1. The molecule has 0 aliphatic heterocycles. The maximum atomic E-state index is 13.8. The van der Waals surface area contributed by atoms with Crippen LogP contribution in [0.15, 0.2) is 29.6 Å². The Kier molecular flexibility index (Phi) is 5.05. The molecule has 1 fully saturated rings. The van der Waals surface area contributed by atoms with E-state index < -0.39 is 11.6 Å². The van der Waals surface area contributed by atoms with Crippen LogP contribution in [0.2, 0.25) is 0 Å². The zero-order chi connectivity index (χ0) is 21.5. The van der Waals surface area contributed by atoms with Gasteiger partial charge >= 0.3 is 0 Å². The lowest BCUT2D eigenvalue weighted by Crippen LogP contribution is -2.31. The Morgan fingerprint density at radius 2 is 2.20 bits per heavy atom. The van der Waals surface area contributed by atoms with Crippen molar-refractivity contribution in [2.45, 2.75) is 51.7 Å². The van der Waals surface area contributed by atoms with Gasteiger partial charge in [-0.15, -0.1) is 0 Å². The predicted octanol–water partition coefficient (Wildman–Crippen LogP) is 3.81. The van der Waals surface area contributed by atoms with Gasteiger partial charge in [0.05, 0.1) is 35.8 Å². The van der Waals surface area contributed by atoms with Crippen LogP contribution in [0.5, 0.6) is 5.88 Å². The molecule has 0 bridgehead atoms. The number of nitrogens with zero attached hydrogens (tertiary/aromatic N) is 4. The van der Waals surface area contributed by atoms with Gasteiger partial charge in [-0.05, 0) is 39.2 Å². The van der Waals surface area contributed by atoms with Crippen LogP contribution >= 0.6 is 0 Å². The molecule has 0 aromatic carbocycles. The maximum absolute atomic E-state index is 13.8. The van der Waals surface area contributed by atoms with Gasteiger partial charge < -0.3 is 15.4 Å². The number of rotatable bonds is 7. The standard InChI is InChI=1S/C21H25FN6O2/c1-4-16(26-14-9-25-28(10-14)12(2)3)17-15-7-13(8-23-18(15)27-20(17)30)19(29)24-11-21(22)5-6-21/h7-10,12,30H,4-6,11H2,1-3H3,(H,23,27)(H,24,29). The van der Waals surface area contributed by atoms with E-state index in [0.29, 0.717) is 52.8 Å². The Balaban J connectivity index is 1.68. The number of hydrogen-bond acceptors (Lipinski definition) is 5. The van der Waals surface area contributed by atoms with Gasteiger partial charge in [0, 0.05) is 17.6 Å². The Bertz CT molecular complexity index is 1130. The smallest absolute Gasteiger partial charge is 0.252 e. The highest BCUT2D eigenvalue weighted by molar-refractivity contribution is 6.14. The highest BCUT2D eigenvalue weighted by atomic mass is 19.1. The lowest BCUT2D eigenvalue weighted by molar-refractivity contribution is 0.0937. The number of alkyl halides is 1. The fourth-order valence-corrected chi connectivity index (χ4v) is 3.26. The van der Waals surface area contributed by atoms with Crippen LogP contribution in [0.4, 0.5) is 10.1 Å². The first-order valence-electron chi connectivity index (χ1n) is 10.1. The van der Waals surface area contributed by atoms with Crippen LogP contribution < -0.4 is 5.32 Å². The number of aliphatic imine (C=N–C) groups is 1. The van der Waals surface area contributed by atoms with Crippen LogP contribution in [0.3, 0.4) is 0 Å². The highest BCUT2D eigenvalue weighted by Crippen LogP contribution is 2.38. The molecule has 3 aromatic heterocycles. The molecular formula is C21H25FN6O2. The molecule has 4 rings (SSSR count). The lowest BCUT2D eigenvalue weighted by atomic mass is 10.1. The monoisotopic (exact) mass is 412 g/mol. The van der Waals surface area contributed by atoms with Gasteiger partial charge in [-0.25, -0.2) is 14.4 Å². The van der Waals surface area contributed by atoms with E-state index in [1.54, 1.807) is 12.3 Å². The van der Waals surface area contributed by atoms with E-state index in [1.165, 1.54) is 6.20 Å². The topological polar surface area (TPSA) is 108 Å². The van der Waals surface area contributed by atoms with Crippen molar-refractivity contribution in [1.82, 2.24) is 25.1 Å². The number of pyridine rings is 1. The number of nitrogens with one attached hydrogen (secondary N) is 2. The summed E-state index contributed by atoms with van der Waals surface area (Å²) in [7, 11) is 0. The summed E-state index contributed by atoms with van der Waals surface area (Å²) in [6.45, 7) is 5.98. The van der Waals surface area contributed by atoms with Crippen LogP contribution in [-0.2, 0) is 0 Å². The average molecular weight is 412 g/mol. The second-order valence-electron chi connectivity index (χ2n) is 7.99. The molecule has 1 aliphatic rings. The van der Waals surface area contributed by atoms with E-state index in [1.807, 2.05) is 31.6 Å². The molecule has 9 heteroatoms. The molecule has 3 N–H and O–H groups in total. The number of aromatic hydroxyl groups is 1. The predicted molar refractivity (Wildman–Crippen MR) is 112 cm³/mol. The molecule has 1 saturated carbocycles. The Morgan fingerprint density at radius 1 is 1.43 bits per heavy atom. The number of aromatic amines is 1. The van der Waals surface area contributed by atoms with Crippen molar-refractivity contribution in [3.8, 4) is 5.88 Å². The first-order chi connectivity index (χ1) is 14.3. The third-order valence-electron chi connectivity index (χ3n) is 5.26. The molecular weight excluding hydrogens is 387 g/mol. The summed E-state index contributed by atoms with van der Waals surface area (Å²) in [5, 5.41) is 18.0.